The average Bonchev–Trinajstić information content (AvgIpc) is 2.96. The van der Waals surface area contributed by atoms with Crippen molar-refractivity contribution in [1.29, 1.82) is 0 Å². The molecule has 0 aliphatic carbocycles. The molecule has 1 aliphatic heterocycles. The normalized spacial score (nSPS) is 15.1. The summed E-state index contributed by atoms with van der Waals surface area (Å²) in [4.78, 5) is 25.6. The lowest BCUT2D eigenvalue weighted by Gasteiger charge is -2.17. The molecule has 0 saturated carbocycles. The molecular formula is C27H26N2O4S. The number of rotatable bonds is 5. The third-order valence-corrected chi connectivity index (χ3v) is 7.87. The summed E-state index contributed by atoms with van der Waals surface area (Å²) in [5.74, 6) is -0.795. The van der Waals surface area contributed by atoms with Gasteiger partial charge in [0, 0.05) is 16.8 Å². The lowest BCUT2D eigenvalue weighted by Crippen LogP contribution is -2.30. The van der Waals surface area contributed by atoms with Crippen molar-refractivity contribution >= 4 is 32.4 Å². The van der Waals surface area contributed by atoms with E-state index in [0.29, 0.717) is 16.7 Å². The summed E-state index contributed by atoms with van der Waals surface area (Å²) in [6, 6.07) is 19.5. The molecule has 34 heavy (non-hydrogen) atoms. The Hall–Kier alpha value is -3.71. The molecule has 0 radical (unpaired) electrons. The van der Waals surface area contributed by atoms with Crippen LogP contribution in [-0.4, -0.2) is 24.5 Å². The number of nitrogens with zero attached hydrogens (tertiary/aromatic N) is 1. The first kappa shape index (κ1) is 23.4. The van der Waals surface area contributed by atoms with Gasteiger partial charge in [0.05, 0.1) is 6.54 Å². The summed E-state index contributed by atoms with van der Waals surface area (Å²) in [7, 11) is -3.98. The molecule has 0 bridgehead atoms. The molecule has 1 N–H and O–H groups in total. The standard InChI is InChI=1S/C27H26N2O4S/c1-17-6-11-22(12-7-17)25-20(4)27(31)29(34(25,32)33)16-21-9-13-23(14-10-21)26(30)28-24-15-18(2)5-8-19(24)3/h5-15H,16H2,1-4H3,(H,28,30). The Morgan fingerprint density at radius 1 is 0.853 bits per heavy atom. The second kappa shape index (κ2) is 8.91. The average molecular weight is 475 g/mol. The van der Waals surface area contributed by atoms with Crippen LogP contribution < -0.4 is 5.32 Å². The highest BCUT2D eigenvalue weighted by atomic mass is 32.2. The van der Waals surface area contributed by atoms with Crippen molar-refractivity contribution in [2.75, 3.05) is 5.32 Å². The zero-order valence-electron chi connectivity index (χ0n) is 19.5. The van der Waals surface area contributed by atoms with E-state index in [1.807, 2.05) is 51.1 Å². The number of hydrogen-bond acceptors (Lipinski definition) is 4. The number of nitrogens with one attached hydrogen (secondary N) is 1. The van der Waals surface area contributed by atoms with Gasteiger partial charge in [-0.3, -0.25) is 9.59 Å². The van der Waals surface area contributed by atoms with Crippen LogP contribution in [0, 0.1) is 20.8 Å². The van der Waals surface area contributed by atoms with E-state index in [4.69, 9.17) is 0 Å². The van der Waals surface area contributed by atoms with Crippen molar-refractivity contribution in [3.8, 4) is 0 Å². The highest BCUT2D eigenvalue weighted by Gasteiger charge is 2.42. The highest BCUT2D eigenvalue weighted by Crippen LogP contribution is 2.36. The molecule has 0 aromatic heterocycles. The van der Waals surface area contributed by atoms with E-state index in [-0.39, 0.29) is 22.9 Å². The fourth-order valence-corrected chi connectivity index (χ4v) is 5.72. The van der Waals surface area contributed by atoms with Crippen LogP contribution in [0.2, 0.25) is 0 Å². The molecule has 0 atom stereocenters. The first-order chi connectivity index (χ1) is 16.1. The SMILES string of the molecule is CC1=C(c2ccc(C)cc2)S(=O)(=O)N(Cc2ccc(C(=O)Nc3cc(C)ccc3C)cc2)C1=O. The molecule has 0 saturated heterocycles. The molecule has 3 aromatic carbocycles. The van der Waals surface area contributed by atoms with Crippen molar-refractivity contribution in [3.63, 3.8) is 0 Å². The third-order valence-electron chi connectivity index (χ3n) is 5.93. The Labute approximate surface area is 200 Å². The zero-order valence-corrected chi connectivity index (χ0v) is 20.4. The van der Waals surface area contributed by atoms with E-state index >= 15 is 0 Å². The van der Waals surface area contributed by atoms with Crippen molar-refractivity contribution in [2.45, 2.75) is 34.2 Å². The van der Waals surface area contributed by atoms with Gasteiger partial charge in [0.1, 0.15) is 4.91 Å². The number of sulfonamides is 1. The second-order valence-corrected chi connectivity index (χ2v) is 10.4. The van der Waals surface area contributed by atoms with Gasteiger partial charge in [-0.2, -0.15) is 0 Å². The van der Waals surface area contributed by atoms with E-state index < -0.39 is 15.9 Å². The van der Waals surface area contributed by atoms with E-state index in [2.05, 4.69) is 5.32 Å². The van der Waals surface area contributed by atoms with Crippen LogP contribution in [-0.2, 0) is 21.4 Å². The number of anilines is 1. The molecule has 3 aromatic rings. The van der Waals surface area contributed by atoms with Gasteiger partial charge in [-0.1, -0.05) is 54.1 Å². The maximum absolute atomic E-state index is 13.2. The molecule has 0 spiro atoms. The van der Waals surface area contributed by atoms with Gasteiger partial charge < -0.3 is 5.32 Å². The van der Waals surface area contributed by atoms with Crippen molar-refractivity contribution < 1.29 is 18.0 Å². The first-order valence-electron chi connectivity index (χ1n) is 10.9. The van der Waals surface area contributed by atoms with Gasteiger partial charge in [-0.25, -0.2) is 12.7 Å². The minimum absolute atomic E-state index is 0.0435. The summed E-state index contributed by atoms with van der Waals surface area (Å²) < 4.78 is 27.3. The van der Waals surface area contributed by atoms with E-state index in [1.54, 1.807) is 36.4 Å². The molecule has 0 fully saturated rings. The lowest BCUT2D eigenvalue weighted by molar-refractivity contribution is -0.122. The summed E-state index contributed by atoms with van der Waals surface area (Å²) >= 11 is 0. The van der Waals surface area contributed by atoms with Crippen LogP contribution in [0.5, 0.6) is 0 Å². The van der Waals surface area contributed by atoms with Gasteiger partial charge in [0.2, 0.25) is 0 Å². The Morgan fingerprint density at radius 2 is 1.47 bits per heavy atom. The molecule has 6 nitrogen and oxygen atoms in total. The maximum Gasteiger partial charge on any atom is 0.268 e. The van der Waals surface area contributed by atoms with Crippen LogP contribution in [0.25, 0.3) is 4.91 Å². The molecule has 174 valence electrons. The predicted octanol–water partition coefficient (Wildman–Crippen LogP) is 4.97. The summed E-state index contributed by atoms with van der Waals surface area (Å²) in [6.07, 6.45) is 0. The van der Waals surface area contributed by atoms with Gasteiger partial charge >= 0.3 is 0 Å². The minimum atomic E-state index is -3.98. The Morgan fingerprint density at radius 3 is 2.12 bits per heavy atom. The van der Waals surface area contributed by atoms with Gasteiger partial charge in [0.15, 0.2) is 0 Å². The molecule has 4 rings (SSSR count). The fourth-order valence-electron chi connectivity index (χ4n) is 3.92. The Kier molecular flexibility index (Phi) is 6.15. The number of carbonyl (C=O) groups is 2. The molecule has 1 heterocycles. The third kappa shape index (κ3) is 4.39. The van der Waals surface area contributed by atoms with Gasteiger partial charge in [0.25, 0.3) is 21.8 Å². The largest absolute Gasteiger partial charge is 0.322 e. The number of carbonyl (C=O) groups excluding carboxylic acids is 2. The van der Waals surface area contributed by atoms with E-state index in [1.165, 1.54) is 6.92 Å². The molecule has 2 amide bonds. The molecule has 7 heteroatoms. The maximum atomic E-state index is 13.2. The van der Waals surface area contributed by atoms with Gasteiger partial charge in [-0.15, -0.1) is 0 Å². The highest BCUT2D eigenvalue weighted by molar-refractivity contribution is 7.99. The van der Waals surface area contributed by atoms with Gasteiger partial charge in [-0.05, 0) is 68.1 Å². The topological polar surface area (TPSA) is 83.6 Å². The minimum Gasteiger partial charge on any atom is -0.322 e. The number of benzene rings is 3. The fraction of sp³-hybridized carbons (Fsp3) is 0.185. The van der Waals surface area contributed by atoms with Crippen LogP contribution in [0.1, 0.15) is 45.1 Å². The zero-order chi connectivity index (χ0) is 24.6. The number of hydrogen-bond donors (Lipinski definition) is 1. The van der Waals surface area contributed by atoms with Crippen molar-refractivity contribution in [3.05, 3.63) is 106 Å². The smallest absolute Gasteiger partial charge is 0.268 e. The summed E-state index contributed by atoms with van der Waals surface area (Å²) in [6.45, 7) is 7.23. The molecular weight excluding hydrogens is 448 g/mol. The number of aryl methyl sites for hydroxylation is 3. The first-order valence-corrected chi connectivity index (χ1v) is 12.3. The Balaban J connectivity index is 1.52. The Bertz CT molecular complexity index is 1420. The molecule has 1 aliphatic rings. The van der Waals surface area contributed by atoms with Crippen LogP contribution in [0.3, 0.4) is 0 Å². The lowest BCUT2D eigenvalue weighted by atomic mass is 10.1. The predicted molar refractivity (Wildman–Crippen MR) is 134 cm³/mol. The molecule has 0 unspecified atom stereocenters. The van der Waals surface area contributed by atoms with Crippen LogP contribution in [0.15, 0.2) is 72.3 Å². The van der Waals surface area contributed by atoms with E-state index in [0.717, 1.165) is 26.7 Å². The second-order valence-electron chi connectivity index (χ2n) is 8.61. The van der Waals surface area contributed by atoms with Crippen LogP contribution in [0.4, 0.5) is 5.69 Å². The van der Waals surface area contributed by atoms with Crippen molar-refractivity contribution in [2.24, 2.45) is 0 Å². The summed E-state index contributed by atoms with van der Waals surface area (Å²) in [5, 5.41) is 2.91. The summed E-state index contributed by atoms with van der Waals surface area (Å²) in [5.41, 5.74) is 5.50. The quantitative estimate of drug-likeness (QED) is 0.566. The van der Waals surface area contributed by atoms with E-state index in [9.17, 15) is 18.0 Å². The van der Waals surface area contributed by atoms with Crippen LogP contribution >= 0.6 is 0 Å². The number of amides is 2. The monoisotopic (exact) mass is 474 g/mol. The van der Waals surface area contributed by atoms with Crippen molar-refractivity contribution in [1.82, 2.24) is 4.31 Å².